The van der Waals surface area contributed by atoms with Crippen LogP contribution in [0.2, 0.25) is 0 Å². The number of H-pyrrole nitrogens is 2. The van der Waals surface area contributed by atoms with Crippen LogP contribution in [0, 0.1) is 5.92 Å². The molecule has 5 aromatic rings. The van der Waals surface area contributed by atoms with Gasteiger partial charge in [0.15, 0.2) is 0 Å². The molecule has 2 fully saturated rings. The minimum Gasteiger partial charge on any atom is -0.453 e. The highest BCUT2D eigenvalue weighted by atomic mass is 16.5. The van der Waals surface area contributed by atoms with Crippen molar-refractivity contribution >= 4 is 34.8 Å². The molecular weight excluding hydrogens is 725 g/mol. The molecule has 0 bridgehead atoms. The summed E-state index contributed by atoms with van der Waals surface area (Å²) in [7, 11) is 2.58. The molecule has 0 radical (unpaired) electrons. The monoisotopic (exact) mass is 774 g/mol. The molecule has 57 heavy (non-hydrogen) atoms. The van der Waals surface area contributed by atoms with E-state index in [4.69, 9.17) is 14.5 Å². The summed E-state index contributed by atoms with van der Waals surface area (Å²) in [5.41, 5.74) is 5.89. The van der Waals surface area contributed by atoms with E-state index in [-0.39, 0.29) is 29.8 Å². The quantitative estimate of drug-likeness (QED) is 0.110. The first-order valence-electron chi connectivity index (χ1n) is 19.6. The number of likely N-dealkylation sites (tertiary alicyclic amines) is 2. The molecule has 0 aliphatic carbocycles. The lowest BCUT2D eigenvalue weighted by Gasteiger charge is -2.30. The van der Waals surface area contributed by atoms with Crippen LogP contribution in [0.15, 0.2) is 73.1 Å². The van der Waals surface area contributed by atoms with Gasteiger partial charge in [-0.05, 0) is 77.6 Å². The van der Waals surface area contributed by atoms with E-state index in [9.17, 15) is 19.2 Å². The second-order valence-corrected chi connectivity index (χ2v) is 15.1. The Morgan fingerprint density at radius 2 is 1.19 bits per heavy atom. The average molecular weight is 775 g/mol. The van der Waals surface area contributed by atoms with E-state index in [1.165, 1.54) is 14.2 Å². The summed E-state index contributed by atoms with van der Waals surface area (Å²) in [6, 6.07) is 19.3. The van der Waals surface area contributed by atoms with Crippen LogP contribution in [0.4, 0.5) is 9.59 Å². The molecule has 14 heteroatoms. The van der Waals surface area contributed by atoms with Crippen molar-refractivity contribution in [1.29, 1.82) is 0 Å². The number of ether oxygens (including phenoxy) is 2. The number of carbonyl (C=O) groups excluding carboxylic acids is 4. The van der Waals surface area contributed by atoms with Crippen molar-refractivity contribution in [2.24, 2.45) is 5.92 Å². The number of aromatic amines is 2. The van der Waals surface area contributed by atoms with Gasteiger partial charge in [-0.3, -0.25) is 9.59 Å². The van der Waals surface area contributed by atoms with Crippen molar-refractivity contribution in [3.05, 3.63) is 84.7 Å². The second-order valence-electron chi connectivity index (χ2n) is 15.1. The molecule has 7 rings (SSSR count). The van der Waals surface area contributed by atoms with Gasteiger partial charge in [0, 0.05) is 18.7 Å². The number of nitrogens with one attached hydrogen (secondary N) is 4. The predicted molar refractivity (Wildman–Crippen MR) is 216 cm³/mol. The first-order chi connectivity index (χ1) is 27.6. The Morgan fingerprint density at radius 3 is 1.75 bits per heavy atom. The molecule has 14 nitrogen and oxygen atoms in total. The molecular formula is C43H50N8O6. The Morgan fingerprint density at radius 1 is 0.702 bits per heavy atom. The van der Waals surface area contributed by atoms with Gasteiger partial charge in [0.05, 0.1) is 50.1 Å². The molecule has 4 heterocycles. The van der Waals surface area contributed by atoms with Gasteiger partial charge in [-0.1, -0.05) is 69.3 Å². The Hall–Kier alpha value is -6.18. The van der Waals surface area contributed by atoms with Gasteiger partial charge >= 0.3 is 12.2 Å². The molecule has 2 saturated heterocycles. The minimum absolute atomic E-state index is 0.104. The predicted octanol–water partition coefficient (Wildman–Crippen LogP) is 7.13. The van der Waals surface area contributed by atoms with Crippen molar-refractivity contribution in [2.45, 2.75) is 77.0 Å². The van der Waals surface area contributed by atoms with Gasteiger partial charge in [0.2, 0.25) is 11.8 Å². The first-order valence-corrected chi connectivity index (χ1v) is 19.6. The Kier molecular flexibility index (Phi) is 11.6. The van der Waals surface area contributed by atoms with Crippen LogP contribution in [-0.2, 0) is 19.1 Å². The summed E-state index contributed by atoms with van der Waals surface area (Å²) in [4.78, 5) is 70.6. The minimum atomic E-state index is -0.687. The maximum Gasteiger partial charge on any atom is 0.407 e. The summed E-state index contributed by atoms with van der Waals surface area (Å²) >= 11 is 0. The lowest BCUT2D eigenvalue weighted by atomic mass is 9.98. The number of methoxy groups -OCH3 is 2. The number of hydrogen-bond donors (Lipinski definition) is 4. The highest BCUT2D eigenvalue weighted by Gasteiger charge is 2.38. The maximum absolute atomic E-state index is 13.6. The van der Waals surface area contributed by atoms with Crippen LogP contribution in [0.1, 0.15) is 76.6 Å². The number of benzene rings is 3. The summed E-state index contributed by atoms with van der Waals surface area (Å²) in [5, 5.41) is 7.54. The zero-order valence-electron chi connectivity index (χ0n) is 33.0. The molecule has 2 aliphatic heterocycles. The topological polar surface area (TPSA) is 175 Å². The fourth-order valence-electron chi connectivity index (χ4n) is 7.99. The molecule has 4 amide bonds. The number of alkyl carbamates (subject to hydrolysis) is 2. The molecule has 298 valence electrons. The summed E-state index contributed by atoms with van der Waals surface area (Å²) < 4.78 is 9.48. The Labute approximate surface area is 331 Å². The number of hydrogen-bond acceptors (Lipinski definition) is 8. The zero-order valence-corrected chi connectivity index (χ0v) is 33.0. The van der Waals surface area contributed by atoms with Gasteiger partial charge in [-0.25, -0.2) is 19.6 Å². The number of amides is 4. The van der Waals surface area contributed by atoms with Gasteiger partial charge in [0.1, 0.15) is 23.7 Å². The number of nitrogens with zero attached hydrogens (tertiary/aromatic N) is 4. The van der Waals surface area contributed by atoms with E-state index in [1.54, 1.807) is 4.90 Å². The van der Waals surface area contributed by atoms with E-state index in [0.717, 1.165) is 81.7 Å². The molecule has 3 aromatic carbocycles. The Balaban J connectivity index is 1.02. The maximum atomic E-state index is 13.6. The van der Waals surface area contributed by atoms with Crippen LogP contribution >= 0.6 is 0 Å². The van der Waals surface area contributed by atoms with Gasteiger partial charge < -0.3 is 39.9 Å². The fraction of sp³-hybridized carbons (Fsp3) is 0.395. The number of imidazole rings is 2. The van der Waals surface area contributed by atoms with Gasteiger partial charge in [-0.2, -0.15) is 0 Å². The fourth-order valence-corrected chi connectivity index (χ4v) is 7.99. The molecule has 4 N–H and O–H groups in total. The van der Waals surface area contributed by atoms with Crippen molar-refractivity contribution < 1.29 is 28.7 Å². The third-order valence-electron chi connectivity index (χ3n) is 11.1. The van der Waals surface area contributed by atoms with E-state index < -0.39 is 24.3 Å². The van der Waals surface area contributed by atoms with E-state index in [0.29, 0.717) is 19.5 Å². The van der Waals surface area contributed by atoms with Crippen LogP contribution in [0.5, 0.6) is 0 Å². The van der Waals surface area contributed by atoms with Crippen LogP contribution in [-0.4, -0.2) is 93.1 Å². The van der Waals surface area contributed by atoms with Crippen molar-refractivity contribution in [3.63, 3.8) is 0 Å². The molecule has 0 spiro atoms. The normalized spacial score (nSPS) is 17.8. The average Bonchev–Trinajstić information content (AvgIpc) is 4.07. The number of rotatable bonds is 11. The molecule has 0 unspecified atom stereocenters. The van der Waals surface area contributed by atoms with Crippen LogP contribution in [0.3, 0.4) is 0 Å². The van der Waals surface area contributed by atoms with E-state index >= 15 is 0 Å². The largest absolute Gasteiger partial charge is 0.453 e. The third kappa shape index (κ3) is 8.21. The Bertz CT molecular complexity index is 2250. The summed E-state index contributed by atoms with van der Waals surface area (Å²) in [6.45, 7) is 6.87. The third-order valence-corrected chi connectivity index (χ3v) is 11.1. The van der Waals surface area contributed by atoms with Crippen molar-refractivity contribution in [1.82, 2.24) is 40.4 Å². The van der Waals surface area contributed by atoms with Crippen molar-refractivity contribution in [3.8, 4) is 33.6 Å². The molecule has 2 aliphatic rings. The van der Waals surface area contributed by atoms with Gasteiger partial charge in [0.25, 0.3) is 0 Å². The van der Waals surface area contributed by atoms with E-state index in [1.807, 2.05) is 38.1 Å². The second kappa shape index (κ2) is 16.9. The summed E-state index contributed by atoms with van der Waals surface area (Å²) in [6.07, 6.45) is 6.12. The summed E-state index contributed by atoms with van der Waals surface area (Å²) in [5.74, 6) is 1.08. The van der Waals surface area contributed by atoms with E-state index in [2.05, 4.69) is 86.2 Å². The lowest BCUT2D eigenvalue weighted by Crippen LogP contribution is -2.51. The van der Waals surface area contributed by atoms with Crippen LogP contribution < -0.4 is 10.6 Å². The molecule has 0 saturated carbocycles. The van der Waals surface area contributed by atoms with Crippen molar-refractivity contribution in [2.75, 3.05) is 27.3 Å². The standard InChI is InChI=1S/C43H50N8O6/c1-6-32(48-42(54)56-4)40(52)50-19-7-9-35(50)38-44-23-33(46-38)27-13-11-26(12-14-27)28-15-16-30-22-31(18-17-29(30)21-28)34-24-45-39(47-34)36-10-8-20-51(36)41(53)37(25(2)3)49-43(55)57-5/h11-18,21-25,32,35-37H,6-10,19-20H2,1-5H3,(H,44,46)(H,45,47)(H,48,54)(H,49,55)/t32-,35-,36-,37-/m0/s1. The number of fused-ring (bicyclic) bond motifs is 1. The zero-order chi connectivity index (χ0) is 40.2. The SMILES string of the molecule is CC[C@H](NC(=O)OC)C(=O)N1CCC[C@H]1c1ncc(-c2ccc(-c3ccc4cc(-c5cnc([C@@H]6CCCN6C(=O)[C@@H](NC(=O)OC)C(C)C)[nH]5)ccc4c3)cc2)[nH]1. The molecule has 2 aromatic heterocycles. The molecule has 4 atom stereocenters. The first kappa shape index (κ1) is 39.1. The number of aromatic nitrogens is 4. The lowest BCUT2D eigenvalue weighted by molar-refractivity contribution is -0.135. The number of carbonyl (C=O) groups is 4. The highest BCUT2D eigenvalue weighted by Crippen LogP contribution is 2.35. The highest BCUT2D eigenvalue weighted by molar-refractivity contribution is 5.91. The van der Waals surface area contributed by atoms with Gasteiger partial charge in [-0.15, -0.1) is 0 Å². The van der Waals surface area contributed by atoms with Crippen LogP contribution in [0.25, 0.3) is 44.4 Å². The smallest absolute Gasteiger partial charge is 0.407 e.